The summed E-state index contributed by atoms with van der Waals surface area (Å²) in [5.74, 6) is 1.38. The number of carboxylic acids is 1. The fraction of sp³-hybridized carbons (Fsp3) is 0.833. The summed E-state index contributed by atoms with van der Waals surface area (Å²) in [7, 11) is 0. The van der Waals surface area contributed by atoms with Gasteiger partial charge in [-0.3, -0.25) is 9.59 Å². The Bertz CT molecular complexity index is 318. The van der Waals surface area contributed by atoms with Crippen LogP contribution in [0, 0.1) is 0 Å². The van der Waals surface area contributed by atoms with Gasteiger partial charge in [0.1, 0.15) is 0 Å². The second kappa shape index (κ2) is 6.43. The molecule has 0 aromatic rings. The lowest BCUT2D eigenvalue weighted by molar-refractivity contribution is -0.140. The summed E-state index contributed by atoms with van der Waals surface area (Å²) in [5, 5.41) is 12.2. The Kier molecular flexibility index (Phi) is 4.88. The number of carbonyl (C=O) groups excluding carboxylic acids is 1. The van der Waals surface area contributed by atoms with E-state index in [9.17, 15) is 9.59 Å². The highest BCUT2D eigenvalue weighted by molar-refractivity contribution is 7.99. The zero-order valence-electron chi connectivity index (χ0n) is 10.4. The highest BCUT2D eigenvalue weighted by Gasteiger charge is 2.31. The number of thioether (sulfide) groups is 1. The molecule has 0 radical (unpaired) electrons. The molecule has 2 unspecified atom stereocenters. The Labute approximate surface area is 111 Å². The van der Waals surface area contributed by atoms with Crippen LogP contribution >= 0.6 is 11.8 Å². The zero-order valence-corrected chi connectivity index (χ0v) is 11.2. The number of aliphatic carboxylic acids is 1. The molecular weight excluding hydrogens is 252 g/mol. The largest absolute Gasteiger partial charge is 0.481 e. The molecule has 5 nitrogen and oxygen atoms in total. The molecule has 102 valence electrons. The summed E-state index contributed by atoms with van der Waals surface area (Å²) >= 11 is 1.87. The molecule has 0 bridgehead atoms. The van der Waals surface area contributed by atoms with Crippen LogP contribution in [0.5, 0.6) is 0 Å². The van der Waals surface area contributed by atoms with Gasteiger partial charge in [0.25, 0.3) is 0 Å². The molecule has 0 spiro atoms. The van der Waals surface area contributed by atoms with Gasteiger partial charge in [-0.05, 0) is 12.8 Å². The van der Waals surface area contributed by atoms with E-state index in [2.05, 4.69) is 5.32 Å². The maximum absolute atomic E-state index is 12.2. The van der Waals surface area contributed by atoms with Crippen molar-refractivity contribution in [2.75, 3.05) is 24.6 Å². The Morgan fingerprint density at radius 3 is 2.89 bits per heavy atom. The van der Waals surface area contributed by atoms with Gasteiger partial charge in [-0.2, -0.15) is 11.8 Å². The second-order valence-electron chi connectivity index (χ2n) is 4.91. The van der Waals surface area contributed by atoms with Crippen molar-refractivity contribution in [3.8, 4) is 0 Å². The standard InChI is InChI=1S/C12H20N2O3S/c15-11(6-9-8-18-5-3-13-9)14-4-1-2-10(14)7-12(16)17/h9-10,13H,1-8H2,(H,16,17). The van der Waals surface area contributed by atoms with E-state index in [1.807, 2.05) is 11.8 Å². The summed E-state index contributed by atoms with van der Waals surface area (Å²) < 4.78 is 0. The van der Waals surface area contributed by atoms with E-state index >= 15 is 0 Å². The molecular formula is C12H20N2O3S. The first-order chi connectivity index (χ1) is 8.66. The molecule has 6 heteroatoms. The van der Waals surface area contributed by atoms with Crippen molar-refractivity contribution in [3.05, 3.63) is 0 Å². The van der Waals surface area contributed by atoms with E-state index in [-0.39, 0.29) is 24.4 Å². The monoisotopic (exact) mass is 272 g/mol. The van der Waals surface area contributed by atoms with Gasteiger partial charge in [0.15, 0.2) is 0 Å². The van der Waals surface area contributed by atoms with Crippen LogP contribution in [0.1, 0.15) is 25.7 Å². The first kappa shape index (κ1) is 13.7. The van der Waals surface area contributed by atoms with Crippen molar-refractivity contribution in [2.24, 2.45) is 0 Å². The Morgan fingerprint density at radius 2 is 2.22 bits per heavy atom. The zero-order chi connectivity index (χ0) is 13.0. The number of likely N-dealkylation sites (tertiary alicyclic amines) is 1. The highest BCUT2D eigenvalue weighted by atomic mass is 32.2. The van der Waals surface area contributed by atoms with Crippen LogP contribution < -0.4 is 5.32 Å². The molecule has 2 heterocycles. The first-order valence-corrected chi connectivity index (χ1v) is 7.64. The van der Waals surface area contributed by atoms with Crippen LogP contribution in [0.4, 0.5) is 0 Å². The molecule has 1 amide bonds. The van der Waals surface area contributed by atoms with Gasteiger partial charge in [0, 0.05) is 43.1 Å². The number of amides is 1. The molecule has 2 aliphatic heterocycles. The van der Waals surface area contributed by atoms with E-state index in [1.54, 1.807) is 4.90 Å². The smallest absolute Gasteiger partial charge is 0.305 e. The predicted molar refractivity (Wildman–Crippen MR) is 70.7 cm³/mol. The fourth-order valence-electron chi connectivity index (χ4n) is 2.66. The lowest BCUT2D eigenvalue weighted by atomic mass is 10.1. The van der Waals surface area contributed by atoms with Gasteiger partial charge in [0.2, 0.25) is 5.91 Å². The quantitative estimate of drug-likeness (QED) is 0.782. The maximum atomic E-state index is 12.2. The molecule has 0 aliphatic carbocycles. The molecule has 0 saturated carbocycles. The van der Waals surface area contributed by atoms with Crippen LogP contribution in [0.2, 0.25) is 0 Å². The van der Waals surface area contributed by atoms with Crippen molar-refractivity contribution in [1.82, 2.24) is 10.2 Å². The molecule has 2 fully saturated rings. The van der Waals surface area contributed by atoms with Crippen LogP contribution in [0.25, 0.3) is 0 Å². The van der Waals surface area contributed by atoms with Gasteiger partial charge >= 0.3 is 5.97 Å². The second-order valence-corrected chi connectivity index (χ2v) is 6.06. The number of carboxylic acid groups (broad SMARTS) is 1. The minimum atomic E-state index is -0.814. The van der Waals surface area contributed by atoms with Crippen molar-refractivity contribution < 1.29 is 14.7 Å². The Balaban J connectivity index is 1.84. The third-order valence-electron chi connectivity index (χ3n) is 3.53. The van der Waals surface area contributed by atoms with Crippen LogP contribution in [0.15, 0.2) is 0 Å². The number of nitrogens with one attached hydrogen (secondary N) is 1. The van der Waals surface area contributed by atoms with E-state index in [4.69, 9.17) is 5.11 Å². The van der Waals surface area contributed by atoms with Crippen molar-refractivity contribution in [1.29, 1.82) is 0 Å². The molecule has 0 aromatic heterocycles. The molecule has 2 rings (SSSR count). The summed E-state index contributed by atoms with van der Waals surface area (Å²) in [5.41, 5.74) is 0. The predicted octanol–water partition coefficient (Wildman–Crippen LogP) is 0.547. The number of carbonyl (C=O) groups is 2. The van der Waals surface area contributed by atoms with Crippen molar-refractivity contribution in [3.63, 3.8) is 0 Å². The normalized spacial score (nSPS) is 28.3. The lowest BCUT2D eigenvalue weighted by Crippen LogP contribution is -2.44. The molecule has 2 aliphatic rings. The summed E-state index contributed by atoms with van der Waals surface area (Å²) in [4.78, 5) is 24.7. The minimum Gasteiger partial charge on any atom is -0.481 e. The average molecular weight is 272 g/mol. The summed E-state index contributed by atoms with van der Waals surface area (Å²) in [6, 6.07) is 0.161. The summed E-state index contributed by atoms with van der Waals surface area (Å²) in [6.07, 6.45) is 2.34. The molecule has 2 saturated heterocycles. The fourth-order valence-corrected chi connectivity index (χ4v) is 3.61. The lowest BCUT2D eigenvalue weighted by Gasteiger charge is -2.28. The minimum absolute atomic E-state index is 0.0819. The number of rotatable bonds is 4. The molecule has 2 atom stereocenters. The average Bonchev–Trinajstić information content (AvgIpc) is 2.77. The molecule has 0 aromatic carbocycles. The first-order valence-electron chi connectivity index (χ1n) is 6.49. The Hall–Kier alpha value is -0.750. The van der Waals surface area contributed by atoms with E-state index in [0.29, 0.717) is 6.42 Å². The van der Waals surface area contributed by atoms with Gasteiger partial charge in [-0.25, -0.2) is 0 Å². The van der Waals surface area contributed by atoms with E-state index in [0.717, 1.165) is 37.4 Å². The van der Waals surface area contributed by atoms with Gasteiger partial charge < -0.3 is 15.3 Å². The Morgan fingerprint density at radius 1 is 1.39 bits per heavy atom. The van der Waals surface area contributed by atoms with Crippen molar-refractivity contribution in [2.45, 2.75) is 37.8 Å². The maximum Gasteiger partial charge on any atom is 0.305 e. The van der Waals surface area contributed by atoms with Gasteiger partial charge in [-0.15, -0.1) is 0 Å². The van der Waals surface area contributed by atoms with Crippen LogP contribution in [-0.2, 0) is 9.59 Å². The number of hydrogen-bond acceptors (Lipinski definition) is 4. The van der Waals surface area contributed by atoms with Gasteiger partial charge in [0.05, 0.1) is 6.42 Å². The van der Waals surface area contributed by atoms with Crippen molar-refractivity contribution >= 4 is 23.6 Å². The SMILES string of the molecule is O=C(O)CC1CCCN1C(=O)CC1CSCCN1. The van der Waals surface area contributed by atoms with Crippen LogP contribution in [0.3, 0.4) is 0 Å². The molecule has 18 heavy (non-hydrogen) atoms. The van der Waals surface area contributed by atoms with E-state index in [1.165, 1.54) is 0 Å². The van der Waals surface area contributed by atoms with Crippen LogP contribution in [-0.4, -0.2) is 58.6 Å². The highest BCUT2D eigenvalue weighted by Crippen LogP contribution is 2.22. The third kappa shape index (κ3) is 3.62. The summed E-state index contributed by atoms with van der Waals surface area (Å²) in [6.45, 7) is 1.68. The number of hydrogen-bond donors (Lipinski definition) is 2. The van der Waals surface area contributed by atoms with E-state index < -0.39 is 5.97 Å². The third-order valence-corrected chi connectivity index (χ3v) is 4.66. The number of nitrogens with zero attached hydrogens (tertiary/aromatic N) is 1. The molecule has 2 N–H and O–H groups in total. The van der Waals surface area contributed by atoms with Gasteiger partial charge in [-0.1, -0.05) is 0 Å². The topological polar surface area (TPSA) is 69.6 Å².